The average molecular weight is 274 g/mol. The van der Waals surface area contributed by atoms with Gasteiger partial charge in [-0.25, -0.2) is 4.98 Å². The highest BCUT2D eigenvalue weighted by atomic mass is 16.2. The monoisotopic (exact) mass is 274 g/mol. The molecule has 0 aromatic carbocycles. The number of amides is 1. The Hall–Kier alpha value is -1.65. The highest BCUT2D eigenvalue weighted by Crippen LogP contribution is 2.36. The quantitative estimate of drug-likeness (QED) is 0.919. The summed E-state index contributed by atoms with van der Waals surface area (Å²) in [7, 11) is 0. The molecule has 1 N–H and O–H groups in total. The van der Waals surface area contributed by atoms with Gasteiger partial charge in [0.25, 0.3) is 5.91 Å². The van der Waals surface area contributed by atoms with Crippen molar-refractivity contribution < 1.29 is 4.79 Å². The number of nitrogens with one attached hydrogen (secondary N) is 1. The molecule has 1 aromatic heterocycles. The zero-order valence-electron chi connectivity index (χ0n) is 12.0. The van der Waals surface area contributed by atoms with Gasteiger partial charge in [-0.15, -0.1) is 0 Å². The van der Waals surface area contributed by atoms with Crippen molar-refractivity contribution in [1.29, 1.82) is 0 Å². The number of hydrogen-bond donors (Lipinski definition) is 1. The molecule has 2 unspecified atom stereocenters. The first-order valence-electron chi connectivity index (χ1n) is 7.66. The third-order valence-corrected chi connectivity index (χ3v) is 4.48. The summed E-state index contributed by atoms with van der Waals surface area (Å²) in [5, 5.41) is 3.11. The maximum atomic E-state index is 12.7. The molecule has 1 saturated carbocycles. The van der Waals surface area contributed by atoms with Gasteiger partial charge in [-0.05, 0) is 32.1 Å². The highest BCUT2D eigenvalue weighted by molar-refractivity contribution is 5.92. The number of anilines is 1. The maximum Gasteiger partial charge on any atom is 0.274 e. The maximum absolute atomic E-state index is 12.7. The SMILES string of the molecule is CCNc1cncc(C(=O)N2CCC3CCCCC32)n1. The fourth-order valence-corrected chi connectivity index (χ4v) is 3.54. The van der Waals surface area contributed by atoms with Crippen LogP contribution in [0.4, 0.5) is 5.82 Å². The van der Waals surface area contributed by atoms with Crippen molar-refractivity contribution >= 4 is 11.7 Å². The Morgan fingerprint density at radius 3 is 3.05 bits per heavy atom. The molecule has 1 aliphatic heterocycles. The van der Waals surface area contributed by atoms with Crippen molar-refractivity contribution in [3.05, 3.63) is 18.1 Å². The number of nitrogens with zero attached hydrogens (tertiary/aromatic N) is 3. The topological polar surface area (TPSA) is 58.1 Å². The molecule has 2 aliphatic rings. The van der Waals surface area contributed by atoms with Gasteiger partial charge in [0.2, 0.25) is 0 Å². The number of rotatable bonds is 3. The molecule has 0 bridgehead atoms. The molecule has 0 radical (unpaired) electrons. The van der Waals surface area contributed by atoms with Crippen molar-refractivity contribution in [2.45, 2.75) is 45.1 Å². The normalized spacial score (nSPS) is 25.4. The van der Waals surface area contributed by atoms with E-state index >= 15 is 0 Å². The van der Waals surface area contributed by atoms with E-state index in [1.54, 1.807) is 12.4 Å². The van der Waals surface area contributed by atoms with Gasteiger partial charge in [0.15, 0.2) is 0 Å². The van der Waals surface area contributed by atoms with Gasteiger partial charge < -0.3 is 10.2 Å². The van der Waals surface area contributed by atoms with Crippen LogP contribution in [0.1, 0.15) is 49.5 Å². The number of hydrogen-bond acceptors (Lipinski definition) is 4. The van der Waals surface area contributed by atoms with E-state index < -0.39 is 0 Å². The third-order valence-electron chi connectivity index (χ3n) is 4.48. The predicted molar refractivity (Wildman–Crippen MR) is 77.6 cm³/mol. The molecule has 1 saturated heterocycles. The molecule has 1 aliphatic carbocycles. The van der Waals surface area contributed by atoms with Crippen LogP contribution in [-0.4, -0.2) is 39.9 Å². The first-order chi connectivity index (χ1) is 9.79. The van der Waals surface area contributed by atoms with Crippen molar-refractivity contribution in [3.63, 3.8) is 0 Å². The van der Waals surface area contributed by atoms with Crippen molar-refractivity contribution in [2.24, 2.45) is 5.92 Å². The number of likely N-dealkylation sites (tertiary alicyclic amines) is 1. The molecule has 2 atom stereocenters. The van der Waals surface area contributed by atoms with Gasteiger partial charge in [0, 0.05) is 19.1 Å². The van der Waals surface area contributed by atoms with Crippen LogP contribution in [0.15, 0.2) is 12.4 Å². The number of fused-ring (bicyclic) bond motifs is 1. The van der Waals surface area contributed by atoms with E-state index in [2.05, 4.69) is 15.3 Å². The van der Waals surface area contributed by atoms with E-state index in [0.717, 1.165) is 25.9 Å². The summed E-state index contributed by atoms with van der Waals surface area (Å²) in [6.45, 7) is 3.66. The Balaban J connectivity index is 1.76. The van der Waals surface area contributed by atoms with Gasteiger partial charge in [-0.2, -0.15) is 0 Å². The number of carbonyl (C=O) groups is 1. The highest BCUT2D eigenvalue weighted by Gasteiger charge is 2.38. The van der Waals surface area contributed by atoms with E-state index in [0.29, 0.717) is 23.5 Å². The lowest BCUT2D eigenvalue weighted by Gasteiger charge is -2.31. The third kappa shape index (κ3) is 2.49. The van der Waals surface area contributed by atoms with Crippen LogP contribution in [0.3, 0.4) is 0 Å². The second kappa shape index (κ2) is 5.77. The van der Waals surface area contributed by atoms with Crippen LogP contribution >= 0.6 is 0 Å². The molecule has 5 heteroatoms. The molecule has 20 heavy (non-hydrogen) atoms. The van der Waals surface area contributed by atoms with Crippen LogP contribution in [0, 0.1) is 5.92 Å². The van der Waals surface area contributed by atoms with Crippen LogP contribution in [-0.2, 0) is 0 Å². The molecule has 5 nitrogen and oxygen atoms in total. The Kier molecular flexibility index (Phi) is 3.85. The Labute approximate surface area is 119 Å². The Morgan fingerprint density at radius 1 is 1.35 bits per heavy atom. The minimum absolute atomic E-state index is 0.0478. The Bertz CT molecular complexity index is 491. The van der Waals surface area contributed by atoms with E-state index in [4.69, 9.17) is 0 Å². The van der Waals surface area contributed by atoms with Gasteiger partial charge in [-0.1, -0.05) is 12.8 Å². The summed E-state index contributed by atoms with van der Waals surface area (Å²) < 4.78 is 0. The molecule has 3 rings (SSSR count). The van der Waals surface area contributed by atoms with E-state index in [1.165, 1.54) is 19.3 Å². The first-order valence-corrected chi connectivity index (χ1v) is 7.66. The lowest BCUT2D eigenvalue weighted by molar-refractivity contribution is 0.0684. The predicted octanol–water partition coefficient (Wildman–Crippen LogP) is 2.31. The second-order valence-electron chi connectivity index (χ2n) is 5.72. The fourth-order valence-electron chi connectivity index (χ4n) is 3.54. The van der Waals surface area contributed by atoms with Crippen LogP contribution in [0.2, 0.25) is 0 Å². The molecular weight excluding hydrogens is 252 g/mol. The van der Waals surface area contributed by atoms with Crippen molar-refractivity contribution in [3.8, 4) is 0 Å². The average Bonchev–Trinajstić information content (AvgIpc) is 2.91. The molecule has 1 aromatic rings. The van der Waals surface area contributed by atoms with Crippen LogP contribution < -0.4 is 5.32 Å². The minimum Gasteiger partial charge on any atom is -0.369 e. The number of aromatic nitrogens is 2. The van der Waals surface area contributed by atoms with Gasteiger partial charge in [0.05, 0.1) is 12.4 Å². The molecule has 108 valence electrons. The van der Waals surface area contributed by atoms with Crippen LogP contribution in [0.5, 0.6) is 0 Å². The molecule has 0 spiro atoms. The zero-order chi connectivity index (χ0) is 13.9. The van der Waals surface area contributed by atoms with E-state index in [9.17, 15) is 4.79 Å². The van der Waals surface area contributed by atoms with E-state index in [1.807, 2.05) is 11.8 Å². The lowest BCUT2D eigenvalue weighted by Crippen LogP contribution is -2.39. The molecule has 1 amide bonds. The standard InChI is InChI=1S/C15H22N4O/c1-2-17-14-10-16-9-12(18-14)15(20)19-8-7-11-5-3-4-6-13(11)19/h9-11,13H,2-8H2,1H3,(H,17,18). The van der Waals surface area contributed by atoms with Crippen LogP contribution in [0.25, 0.3) is 0 Å². The number of carbonyl (C=O) groups excluding carboxylic acids is 1. The van der Waals surface area contributed by atoms with Crippen molar-refractivity contribution in [1.82, 2.24) is 14.9 Å². The van der Waals surface area contributed by atoms with Gasteiger partial charge >= 0.3 is 0 Å². The molecule has 2 fully saturated rings. The van der Waals surface area contributed by atoms with Gasteiger partial charge in [-0.3, -0.25) is 9.78 Å². The Morgan fingerprint density at radius 2 is 2.20 bits per heavy atom. The molecule has 2 heterocycles. The minimum atomic E-state index is 0.0478. The second-order valence-corrected chi connectivity index (χ2v) is 5.72. The largest absolute Gasteiger partial charge is 0.369 e. The molecular formula is C15H22N4O. The summed E-state index contributed by atoms with van der Waals surface area (Å²) in [6, 6.07) is 0.431. The summed E-state index contributed by atoms with van der Waals surface area (Å²) in [5.74, 6) is 1.43. The fraction of sp³-hybridized carbons (Fsp3) is 0.667. The summed E-state index contributed by atoms with van der Waals surface area (Å²) in [6.07, 6.45) is 9.38. The van der Waals surface area contributed by atoms with E-state index in [-0.39, 0.29) is 5.91 Å². The smallest absolute Gasteiger partial charge is 0.274 e. The lowest BCUT2D eigenvalue weighted by atomic mass is 9.85. The summed E-state index contributed by atoms with van der Waals surface area (Å²) in [4.78, 5) is 23.2. The first kappa shape index (κ1) is 13.3. The van der Waals surface area contributed by atoms with Gasteiger partial charge in [0.1, 0.15) is 11.5 Å². The van der Waals surface area contributed by atoms with Crippen molar-refractivity contribution in [2.75, 3.05) is 18.4 Å². The summed E-state index contributed by atoms with van der Waals surface area (Å²) in [5.41, 5.74) is 0.467. The zero-order valence-corrected chi connectivity index (χ0v) is 12.0. The summed E-state index contributed by atoms with van der Waals surface area (Å²) >= 11 is 0.